The van der Waals surface area contributed by atoms with Crippen LogP contribution in [0.25, 0.3) is 0 Å². The Morgan fingerprint density at radius 2 is 1.93 bits per heavy atom. The van der Waals surface area contributed by atoms with E-state index in [0.717, 1.165) is 45.3 Å². The molecule has 1 spiro atoms. The zero-order chi connectivity index (χ0) is 20.3. The fourth-order valence-corrected chi connectivity index (χ4v) is 4.64. The van der Waals surface area contributed by atoms with Crippen LogP contribution in [0, 0.1) is 5.41 Å². The molecule has 152 valence electrons. The van der Waals surface area contributed by atoms with Gasteiger partial charge in [-0.2, -0.15) is 0 Å². The van der Waals surface area contributed by atoms with Crippen molar-refractivity contribution in [1.29, 1.82) is 0 Å². The van der Waals surface area contributed by atoms with E-state index in [1.165, 1.54) is 5.56 Å². The predicted molar refractivity (Wildman–Crippen MR) is 112 cm³/mol. The number of nitrogen functional groups attached to an aromatic ring is 1. The highest BCUT2D eigenvalue weighted by Gasteiger charge is 2.42. The number of carbonyl (C=O) groups is 2. The number of carbonyl (C=O) groups excluding carboxylic acids is 2. The van der Waals surface area contributed by atoms with Crippen LogP contribution < -0.4 is 5.73 Å². The summed E-state index contributed by atoms with van der Waals surface area (Å²) < 4.78 is 0. The van der Waals surface area contributed by atoms with Gasteiger partial charge in [-0.05, 0) is 43.4 Å². The number of nitrogens with zero attached hydrogens (tertiary/aromatic N) is 3. The highest BCUT2D eigenvalue weighted by molar-refractivity contribution is 5.94. The normalized spacial score (nSPS) is 22.1. The number of anilines is 1. The maximum atomic E-state index is 13.0. The van der Waals surface area contributed by atoms with E-state index in [1.54, 1.807) is 18.3 Å². The molecule has 1 aromatic carbocycles. The Kier molecular flexibility index (Phi) is 5.51. The largest absolute Gasteiger partial charge is 0.384 e. The van der Waals surface area contributed by atoms with Gasteiger partial charge in [0.15, 0.2) is 0 Å². The van der Waals surface area contributed by atoms with Crippen molar-refractivity contribution in [2.45, 2.75) is 32.1 Å². The van der Waals surface area contributed by atoms with E-state index < -0.39 is 0 Å². The summed E-state index contributed by atoms with van der Waals surface area (Å²) in [6.45, 7) is 2.93. The number of nitrogens with two attached hydrogens (primary N) is 1. The zero-order valence-corrected chi connectivity index (χ0v) is 16.7. The van der Waals surface area contributed by atoms with Crippen molar-refractivity contribution in [3.8, 4) is 0 Å². The van der Waals surface area contributed by atoms with Gasteiger partial charge in [0.05, 0.1) is 5.56 Å². The lowest BCUT2D eigenvalue weighted by atomic mass is 9.73. The van der Waals surface area contributed by atoms with E-state index in [-0.39, 0.29) is 17.2 Å². The van der Waals surface area contributed by atoms with Crippen molar-refractivity contribution in [2.75, 3.05) is 31.9 Å². The summed E-state index contributed by atoms with van der Waals surface area (Å²) in [5.41, 5.74) is 7.46. The number of piperidine rings is 2. The Bertz CT molecular complexity index is 868. The second-order valence-electron chi connectivity index (χ2n) is 8.35. The molecule has 2 aromatic rings. The van der Waals surface area contributed by atoms with Crippen LogP contribution in [0.3, 0.4) is 0 Å². The van der Waals surface area contributed by atoms with Crippen LogP contribution in [0.1, 0.15) is 41.6 Å². The lowest BCUT2D eigenvalue weighted by molar-refractivity contribution is -0.138. The van der Waals surface area contributed by atoms with Crippen LogP contribution in [-0.2, 0) is 11.2 Å². The van der Waals surface area contributed by atoms with Crippen LogP contribution in [-0.4, -0.2) is 52.8 Å². The maximum absolute atomic E-state index is 13.0. The minimum Gasteiger partial charge on any atom is -0.384 e. The van der Waals surface area contributed by atoms with Gasteiger partial charge in [-0.1, -0.05) is 30.3 Å². The maximum Gasteiger partial charge on any atom is 0.255 e. The predicted octanol–water partition coefficient (Wildman–Crippen LogP) is 2.75. The summed E-state index contributed by atoms with van der Waals surface area (Å²) in [4.78, 5) is 33.5. The van der Waals surface area contributed by atoms with Crippen LogP contribution in [0.2, 0.25) is 0 Å². The van der Waals surface area contributed by atoms with Gasteiger partial charge in [-0.3, -0.25) is 9.59 Å². The first kappa shape index (κ1) is 19.4. The number of aromatic nitrogens is 1. The molecular formula is C23H28N4O2. The Morgan fingerprint density at radius 1 is 1.10 bits per heavy atom. The van der Waals surface area contributed by atoms with Gasteiger partial charge in [0.1, 0.15) is 5.82 Å². The van der Waals surface area contributed by atoms with E-state index in [1.807, 2.05) is 28.0 Å². The molecule has 0 saturated carbocycles. The monoisotopic (exact) mass is 392 g/mol. The number of amides is 2. The molecule has 1 atom stereocenters. The van der Waals surface area contributed by atoms with Crippen molar-refractivity contribution in [2.24, 2.45) is 5.41 Å². The van der Waals surface area contributed by atoms with Crippen LogP contribution in [0.5, 0.6) is 0 Å². The van der Waals surface area contributed by atoms with Gasteiger partial charge in [0.2, 0.25) is 5.91 Å². The lowest BCUT2D eigenvalue weighted by Gasteiger charge is -2.48. The summed E-state index contributed by atoms with van der Waals surface area (Å²) in [5.74, 6) is 0.651. The minimum absolute atomic E-state index is 0.000253. The summed E-state index contributed by atoms with van der Waals surface area (Å²) in [7, 11) is 0. The summed E-state index contributed by atoms with van der Waals surface area (Å²) >= 11 is 0. The molecule has 6 nitrogen and oxygen atoms in total. The SMILES string of the molecule is Nc1ccc(C(=O)N2CCC[C@]3(CCC(=O)N(CCc4ccccc4)C3)C2)cn1. The number of likely N-dealkylation sites (tertiary alicyclic amines) is 2. The van der Waals surface area contributed by atoms with E-state index >= 15 is 0 Å². The Morgan fingerprint density at radius 3 is 2.69 bits per heavy atom. The van der Waals surface area contributed by atoms with Crippen molar-refractivity contribution >= 4 is 17.6 Å². The number of benzene rings is 1. The number of hydrogen-bond acceptors (Lipinski definition) is 4. The molecule has 2 N–H and O–H groups in total. The van der Waals surface area contributed by atoms with E-state index in [9.17, 15) is 9.59 Å². The van der Waals surface area contributed by atoms with Crippen molar-refractivity contribution < 1.29 is 9.59 Å². The van der Waals surface area contributed by atoms with E-state index in [0.29, 0.717) is 24.3 Å². The average Bonchev–Trinajstić information content (AvgIpc) is 2.75. The number of pyridine rings is 1. The van der Waals surface area contributed by atoms with Crippen molar-refractivity contribution in [3.05, 3.63) is 59.8 Å². The molecule has 4 rings (SSSR count). The quantitative estimate of drug-likeness (QED) is 0.868. The summed E-state index contributed by atoms with van der Waals surface area (Å²) in [6, 6.07) is 13.7. The number of rotatable bonds is 4. The first-order valence-corrected chi connectivity index (χ1v) is 10.4. The van der Waals surface area contributed by atoms with Crippen molar-refractivity contribution in [1.82, 2.24) is 14.8 Å². The molecule has 2 aliphatic rings. The molecule has 29 heavy (non-hydrogen) atoms. The second-order valence-corrected chi connectivity index (χ2v) is 8.35. The molecule has 3 heterocycles. The molecule has 0 bridgehead atoms. The Balaban J connectivity index is 1.43. The molecular weight excluding hydrogens is 364 g/mol. The molecule has 2 saturated heterocycles. The highest BCUT2D eigenvalue weighted by Crippen LogP contribution is 2.39. The van der Waals surface area contributed by atoms with E-state index in [2.05, 4.69) is 17.1 Å². The average molecular weight is 393 g/mol. The van der Waals surface area contributed by atoms with Gasteiger partial charge in [-0.25, -0.2) is 4.98 Å². The first-order chi connectivity index (χ1) is 14.0. The topological polar surface area (TPSA) is 79.5 Å². The van der Waals surface area contributed by atoms with Gasteiger partial charge >= 0.3 is 0 Å². The lowest BCUT2D eigenvalue weighted by Crippen LogP contribution is -2.55. The van der Waals surface area contributed by atoms with Gasteiger partial charge in [-0.15, -0.1) is 0 Å². The second kappa shape index (κ2) is 8.23. The number of hydrogen-bond donors (Lipinski definition) is 1. The Hall–Kier alpha value is -2.89. The molecule has 0 aliphatic carbocycles. The van der Waals surface area contributed by atoms with Crippen LogP contribution in [0.15, 0.2) is 48.7 Å². The fraction of sp³-hybridized carbons (Fsp3) is 0.435. The molecule has 2 aliphatic heterocycles. The molecule has 0 radical (unpaired) electrons. The van der Waals surface area contributed by atoms with Crippen LogP contribution in [0.4, 0.5) is 5.82 Å². The zero-order valence-electron chi connectivity index (χ0n) is 16.7. The molecule has 2 amide bonds. The highest BCUT2D eigenvalue weighted by atomic mass is 16.2. The molecule has 1 aromatic heterocycles. The third-order valence-corrected chi connectivity index (χ3v) is 6.24. The molecule has 0 unspecified atom stereocenters. The third kappa shape index (κ3) is 4.42. The van der Waals surface area contributed by atoms with Gasteiger partial charge < -0.3 is 15.5 Å². The summed E-state index contributed by atoms with van der Waals surface area (Å²) in [5, 5.41) is 0. The third-order valence-electron chi connectivity index (χ3n) is 6.24. The first-order valence-electron chi connectivity index (χ1n) is 10.4. The smallest absolute Gasteiger partial charge is 0.255 e. The van der Waals surface area contributed by atoms with E-state index in [4.69, 9.17) is 5.73 Å². The van der Waals surface area contributed by atoms with Gasteiger partial charge in [0.25, 0.3) is 5.91 Å². The molecule has 6 heteroatoms. The fourth-order valence-electron chi connectivity index (χ4n) is 4.64. The van der Waals surface area contributed by atoms with Crippen LogP contribution >= 0.6 is 0 Å². The Labute approximate surface area is 171 Å². The van der Waals surface area contributed by atoms with Gasteiger partial charge in [0, 0.05) is 44.2 Å². The molecule has 2 fully saturated rings. The summed E-state index contributed by atoms with van der Waals surface area (Å²) in [6.07, 6.45) is 5.87. The van der Waals surface area contributed by atoms with Crippen molar-refractivity contribution in [3.63, 3.8) is 0 Å². The standard InChI is InChI=1S/C23H28N4O2/c24-20-8-7-19(15-25-20)22(29)27-13-4-11-23(17-27)12-9-21(28)26(16-23)14-10-18-5-2-1-3-6-18/h1-3,5-8,15H,4,9-14,16-17H2,(H2,24,25)/t23-/m1/s1. The minimum atomic E-state index is -0.000253.